The first-order valence-electron chi connectivity index (χ1n) is 11.2. The minimum atomic E-state index is 0.152. The summed E-state index contributed by atoms with van der Waals surface area (Å²) in [4.78, 5) is 16.5. The van der Waals surface area contributed by atoms with E-state index in [4.69, 9.17) is 0 Å². The highest BCUT2D eigenvalue weighted by molar-refractivity contribution is 5.77. The van der Waals surface area contributed by atoms with Gasteiger partial charge in [0.2, 0.25) is 0 Å². The smallest absolute Gasteiger partial charge is 0.275 e. The van der Waals surface area contributed by atoms with Gasteiger partial charge < -0.3 is 15.1 Å². The van der Waals surface area contributed by atoms with Crippen LogP contribution >= 0.6 is 0 Å². The molecule has 1 aliphatic heterocycles. The first-order valence-corrected chi connectivity index (χ1v) is 11.2. The number of nitrogens with one attached hydrogen (secondary N) is 2. The summed E-state index contributed by atoms with van der Waals surface area (Å²) in [6.07, 6.45) is 7.22. The van der Waals surface area contributed by atoms with Crippen LogP contribution in [0.3, 0.4) is 0 Å². The molecule has 2 aromatic rings. The van der Waals surface area contributed by atoms with Crippen molar-refractivity contribution < 1.29 is 9.69 Å². The molecule has 0 saturated carbocycles. The van der Waals surface area contributed by atoms with Gasteiger partial charge in [0.05, 0.1) is 13.1 Å². The second kappa shape index (κ2) is 9.45. The van der Waals surface area contributed by atoms with Gasteiger partial charge in [0.25, 0.3) is 5.91 Å². The molecule has 2 N–H and O–H groups in total. The summed E-state index contributed by atoms with van der Waals surface area (Å²) in [5.74, 6) is 0.152. The molecule has 0 radical (unpaired) electrons. The number of likely N-dealkylation sites (N-methyl/N-ethyl adjacent to an activating group) is 1. The van der Waals surface area contributed by atoms with E-state index in [1.807, 2.05) is 0 Å². The molecule has 1 aliphatic carbocycles. The number of piperidine rings is 1. The average Bonchev–Trinajstić information content (AvgIpc) is 2.75. The first kappa shape index (κ1) is 20.0. The number of para-hydroxylation sites is 1. The molecule has 4 heteroatoms. The molecular weight excluding hydrogens is 358 g/mol. The van der Waals surface area contributed by atoms with Crippen molar-refractivity contribution in [1.82, 2.24) is 5.32 Å². The molecule has 1 fully saturated rings. The summed E-state index contributed by atoms with van der Waals surface area (Å²) in [5.41, 5.74) is 5.40. The Morgan fingerprint density at radius 2 is 1.79 bits per heavy atom. The summed E-state index contributed by atoms with van der Waals surface area (Å²) >= 11 is 0. The largest absolute Gasteiger partial charge is 0.371 e. The van der Waals surface area contributed by atoms with E-state index in [9.17, 15) is 4.79 Å². The van der Waals surface area contributed by atoms with Crippen LogP contribution in [0.1, 0.15) is 54.8 Å². The van der Waals surface area contributed by atoms with E-state index >= 15 is 0 Å². The lowest BCUT2D eigenvalue weighted by Gasteiger charge is -2.31. The van der Waals surface area contributed by atoms with E-state index in [2.05, 4.69) is 65.8 Å². The molecule has 0 spiro atoms. The number of benzene rings is 2. The van der Waals surface area contributed by atoms with Gasteiger partial charge >= 0.3 is 0 Å². The maximum absolute atomic E-state index is 12.8. The van der Waals surface area contributed by atoms with Crippen LogP contribution in [-0.2, 0) is 17.8 Å². The highest BCUT2D eigenvalue weighted by Crippen LogP contribution is 2.29. The molecule has 2 atom stereocenters. The second-order valence-corrected chi connectivity index (χ2v) is 8.70. The summed E-state index contributed by atoms with van der Waals surface area (Å²) in [7, 11) is 2.13. The standard InChI is InChI=1S/C25H33N3O/c1-27(18-21-11-4-6-15-24(21)28-16-7-2-8-17-28)19-25(29)26-23-14-9-12-20-10-3-5-13-22(20)23/h3-6,10-11,13,15,23H,2,7-9,12,14,16-19H2,1H3,(H,26,29)/p+1/t23-/m0/s1. The van der Waals surface area contributed by atoms with Gasteiger partial charge in [-0.3, -0.25) is 4.79 Å². The van der Waals surface area contributed by atoms with Gasteiger partial charge in [0.15, 0.2) is 6.54 Å². The number of quaternary nitrogens is 1. The first-order chi connectivity index (χ1) is 14.2. The van der Waals surface area contributed by atoms with Crippen molar-refractivity contribution >= 4 is 11.6 Å². The van der Waals surface area contributed by atoms with E-state index in [0.29, 0.717) is 6.54 Å². The van der Waals surface area contributed by atoms with Crippen LogP contribution in [-0.4, -0.2) is 32.6 Å². The maximum atomic E-state index is 12.8. The lowest BCUT2D eigenvalue weighted by molar-refractivity contribution is -0.885. The Balaban J connectivity index is 1.36. The Hall–Kier alpha value is -2.33. The fourth-order valence-electron chi connectivity index (χ4n) is 4.91. The van der Waals surface area contributed by atoms with Crippen LogP contribution in [0, 0.1) is 0 Å². The third-order valence-corrected chi connectivity index (χ3v) is 6.35. The number of aryl methyl sites for hydroxylation is 1. The summed E-state index contributed by atoms with van der Waals surface area (Å²) in [5, 5.41) is 3.30. The molecule has 1 amide bonds. The number of amides is 1. The quantitative estimate of drug-likeness (QED) is 0.793. The van der Waals surface area contributed by atoms with Crippen molar-refractivity contribution in [2.45, 2.75) is 51.1 Å². The molecule has 4 nitrogen and oxygen atoms in total. The number of fused-ring (bicyclic) bond motifs is 1. The third kappa shape index (κ3) is 4.99. The Morgan fingerprint density at radius 3 is 2.66 bits per heavy atom. The van der Waals surface area contributed by atoms with Gasteiger partial charge in [-0.1, -0.05) is 42.5 Å². The Labute approximate surface area is 174 Å². The molecule has 1 heterocycles. The number of carbonyl (C=O) groups is 1. The Bertz CT molecular complexity index is 828. The van der Waals surface area contributed by atoms with Crippen LogP contribution in [0.15, 0.2) is 48.5 Å². The maximum Gasteiger partial charge on any atom is 0.275 e. The number of carbonyl (C=O) groups excluding carboxylic acids is 1. The van der Waals surface area contributed by atoms with Crippen molar-refractivity contribution in [1.29, 1.82) is 0 Å². The molecule has 2 aromatic carbocycles. The number of rotatable bonds is 6. The molecule has 2 aliphatic rings. The van der Waals surface area contributed by atoms with Crippen LogP contribution < -0.4 is 15.1 Å². The lowest BCUT2D eigenvalue weighted by atomic mass is 9.88. The number of hydrogen-bond donors (Lipinski definition) is 2. The van der Waals surface area contributed by atoms with E-state index in [1.54, 1.807) is 0 Å². The highest BCUT2D eigenvalue weighted by atomic mass is 16.2. The minimum absolute atomic E-state index is 0.152. The van der Waals surface area contributed by atoms with Crippen molar-refractivity contribution in [3.05, 3.63) is 65.2 Å². The normalized spacial score (nSPS) is 20.0. The summed E-state index contributed by atoms with van der Waals surface area (Å²) in [6, 6.07) is 17.4. The zero-order chi connectivity index (χ0) is 20.1. The summed E-state index contributed by atoms with van der Waals surface area (Å²) < 4.78 is 0. The topological polar surface area (TPSA) is 36.8 Å². The molecular formula is C25H34N3O+. The highest BCUT2D eigenvalue weighted by Gasteiger charge is 2.23. The number of hydrogen-bond acceptors (Lipinski definition) is 2. The second-order valence-electron chi connectivity index (χ2n) is 8.70. The molecule has 154 valence electrons. The summed E-state index contributed by atoms with van der Waals surface area (Å²) in [6.45, 7) is 3.68. The van der Waals surface area contributed by atoms with Gasteiger partial charge in [-0.05, 0) is 55.7 Å². The van der Waals surface area contributed by atoms with E-state index < -0.39 is 0 Å². The van der Waals surface area contributed by atoms with Gasteiger partial charge in [0.1, 0.15) is 6.54 Å². The van der Waals surface area contributed by atoms with Gasteiger partial charge in [-0.2, -0.15) is 0 Å². The zero-order valence-corrected chi connectivity index (χ0v) is 17.6. The Morgan fingerprint density at radius 1 is 1.03 bits per heavy atom. The van der Waals surface area contributed by atoms with E-state index in [0.717, 1.165) is 38.9 Å². The van der Waals surface area contributed by atoms with Gasteiger partial charge in [-0.25, -0.2) is 0 Å². The number of anilines is 1. The predicted octanol–water partition coefficient (Wildman–Crippen LogP) is 2.89. The van der Waals surface area contributed by atoms with E-state index in [-0.39, 0.29) is 11.9 Å². The van der Waals surface area contributed by atoms with Crippen LogP contribution in [0.5, 0.6) is 0 Å². The fourth-order valence-corrected chi connectivity index (χ4v) is 4.91. The van der Waals surface area contributed by atoms with Crippen LogP contribution in [0.25, 0.3) is 0 Å². The molecule has 4 rings (SSSR count). The Kier molecular flexibility index (Phi) is 6.50. The lowest BCUT2D eigenvalue weighted by Crippen LogP contribution is -3.08. The van der Waals surface area contributed by atoms with Gasteiger partial charge in [-0.15, -0.1) is 0 Å². The minimum Gasteiger partial charge on any atom is -0.371 e. The molecule has 0 aromatic heterocycles. The zero-order valence-electron chi connectivity index (χ0n) is 17.6. The molecule has 29 heavy (non-hydrogen) atoms. The SMILES string of the molecule is C[NH+](CC(=O)N[C@H]1CCCc2ccccc21)Cc1ccccc1N1CCCCC1. The van der Waals surface area contributed by atoms with Gasteiger partial charge in [0, 0.05) is 24.3 Å². The van der Waals surface area contributed by atoms with Crippen molar-refractivity contribution in [3.63, 3.8) is 0 Å². The average molecular weight is 393 g/mol. The molecule has 1 unspecified atom stereocenters. The number of nitrogens with zero attached hydrogens (tertiary/aromatic N) is 1. The van der Waals surface area contributed by atoms with Crippen LogP contribution in [0.4, 0.5) is 5.69 Å². The van der Waals surface area contributed by atoms with Crippen molar-refractivity contribution in [3.8, 4) is 0 Å². The predicted molar refractivity (Wildman–Crippen MR) is 118 cm³/mol. The monoisotopic (exact) mass is 392 g/mol. The van der Waals surface area contributed by atoms with Crippen molar-refractivity contribution in [2.24, 2.45) is 0 Å². The van der Waals surface area contributed by atoms with E-state index in [1.165, 1.54) is 46.5 Å². The fraction of sp³-hybridized carbons (Fsp3) is 0.480. The van der Waals surface area contributed by atoms with Crippen molar-refractivity contribution in [2.75, 3.05) is 31.6 Å². The molecule has 0 bridgehead atoms. The van der Waals surface area contributed by atoms with Crippen LogP contribution in [0.2, 0.25) is 0 Å². The molecule has 1 saturated heterocycles. The third-order valence-electron chi connectivity index (χ3n) is 6.35.